The van der Waals surface area contributed by atoms with Gasteiger partial charge in [-0.25, -0.2) is 21.2 Å². The van der Waals surface area contributed by atoms with Gasteiger partial charge < -0.3 is 10.6 Å². The average molecular weight is 518 g/mol. The van der Waals surface area contributed by atoms with Crippen molar-refractivity contribution >= 4 is 31.5 Å². The summed E-state index contributed by atoms with van der Waals surface area (Å²) in [4.78, 5) is 14.2. The molecule has 184 valence electrons. The smallest absolute Gasteiger partial charge is 0.245 e. The van der Waals surface area contributed by atoms with Gasteiger partial charge in [-0.3, -0.25) is 4.79 Å². The highest BCUT2D eigenvalue weighted by molar-refractivity contribution is 7.91. The molecular formula is C24H24FN3O5S2. The monoisotopic (exact) mass is 517 g/mol. The third-order valence-corrected chi connectivity index (χ3v) is 8.45. The zero-order chi connectivity index (χ0) is 25.4. The van der Waals surface area contributed by atoms with Crippen molar-refractivity contribution in [1.29, 1.82) is 0 Å². The Morgan fingerprint density at radius 3 is 2.34 bits per heavy atom. The quantitative estimate of drug-likeness (QED) is 0.496. The molecule has 0 aromatic heterocycles. The lowest BCUT2D eigenvalue weighted by Crippen LogP contribution is -2.41. The summed E-state index contributed by atoms with van der Waals surface area (Å²) in [6.45, 7) is 0.391. The molecule has 1 saturated heterocycles. The number of sulfonamides is 1. The first-order valence-electron chi connectivity index (χ1n) is 10.7. The Labute approximate surface area is 203 Å². The second kappa shape index (κ2) is 9.50. The van der Waals surface area contributed by atoms with Crippen LogP contribution >= 0.6 is 0 Å². The predicted molar refractivity (Wildman–Crippen MR) is 130 cm³/mol. The molecule has 8 nitrogen and oxygen atoms in total. The van der Waals surface area contributed by atoms with Gasteiger partial charge in [0.2, 0.25) is 15.9 Å². The van der Waals surface area contributed by atoms with E-state index in [2.05, 4.69) is 4.72 Å². The molecule has 0 radical (unpaired) electrons. The van der Waals surface area contributed by atoms with E-state index in [0.29, 0.717) is 11.1 Å². The van der Waals surface area contributed by atoms with Crippen LogP contribution in [0.15, 0.2) is 76.5 Å². The molecule has 0 aliphatic carbocycles. The van der Waals surface area contributed by atoms with Crippen LogP contribution in [0.2, 0.25) is 0 Å². The Kier molecular flexibility index (Phi) is 6.78. The highest BCUT2D eigenvalue weighted by Gasteiger charge is 2.36. The van der Waals surface area contributed by atoms with Gasteiger partial charge in [0.25, 0.3) is 0 Å². The fourth-order valence-electron chi connectivity index (χ4n) is 4.01. The predicted octanol–water partition coefficient (Wildman–Crippen LogP) is 2.44. The van der Waals surface area contributed by atoms with E-state index in [1.54, 1.807) is 30.3 Å². The standard InChI is InChI=1S/C24H24FN3O5S2/c1-34(30,31)23-5-3-2-4-19(23)17-8-11-22(20(25)14-17)28-13-12-21(24(28)29)27-35(32,33)18-9-6-16(15-26)7-10-18/h2-11,14,21,27H,12-13,15,26H2,1H3/t21-/m0/s1. The van der Waals surface area contributed by atoms with Crippen molar-refractivity contribution in [3.8, 4) is 11.1 Å². The van der Waals surface area contributed by atoms with Crippen LogP contribution in [0.1, 0.15) is 12.0 Å². The number of carbonyl (C=O) groups excluding carboxylic acids is 1. The van der Waals surface area contributed by atoms with Crippen molar-refractivity contribution in [2.24, 2.45) is 5.73 Å². The number of hydrogen-bond donors (Lipinski definition) is 2. The maximum atomic E-state index is 15.1. The molecule has 1 aliphatic rings. The Morgan fingerprint density at radius 2 is 1.71 bits per heavy atom. The summed E-state index contributed by atoms with van der Waals surface area (Å²) in [6.07, 6.45) is 1.24. The van der Waals surface area contributed by atoms with Crippen LogP contribution in [-0.4, -0.2) is 41.6 Å². The summed E-state index contributed by atoms with van der Waals surface area (Å²) >= 11 is 0. The number of benzene rings is 3. The number of amides is 1. The fourth-order valence-corrected chi connectivity index (χ4v) is 6.15. The zero-order valence-electron chi connectivity index (χ0n) is 18.8. The molecule has 11 heteroatoms. The van der Waals surface area contributed by atoms with Crippen LogP contribution in [0.25, 0.3) is 11.1 Å². The number of halogens is 1. The minimum Gasteiger partial charge on any atom is -0.326 e. The number of rotatable bonds is 7. The van der Waals surface area contributed by atoms with Crippen LogP contribution in [0.5, 0.6) is 0 Å². The van der Waals surface area contributed by atoms with E-state index in [4.69, 9.17) is 5.73 Å². The van der Waals surface area contributed by atoms with Gasteiger partial charge in [0.05, 0.1) is 15.5 Å². The van der Waals surface area contributed by atoms with Gasteiger partial charge >= 0.3 is 0 Å². The molecule has 35 heavy (non-hydrogen) atoms. The van der Waals surface area contributed by atoms with Crippen LogP contribution < -0.4 is 15.4 Å². The van der Waals surface area contributed by atoms with Crippen molar-refractivity contribution in [1.82, 2.24) is 4.72 Å². The molecule has 1 amide bonds. The molecule has 3 N–H and O–H groups in total. The van der Waals surface area contributed by atoms with Gasteiger partial charge in [-0.2, -0.15) is 4.72 Å². The lowest BCUT2D eigenvalue weighted by Gasteiger charge is -2.19. The highest BCUT2D eigenvalue weighted by Crippen LogP contribution is 2.32. The molecule has 1 aliphatic heterocycles. The number of carbonyl (C=O) groups is 1. The third kappa shape index (κ3) is 5.13. The normalized spacial score (nSPS) is 16.6. The summed E-state index contributed by atoms with van der Waals surface area (Å²) in [6, 6.07) is 15.3. The lowest BCUT2D eigenvalue weighted by atomic mass is 10.0. The molecule has 0 unspecified atom stereocenters. The lowest BCUT2D eigenvalue weighted by molar-refractivity contribution is -0.118. The topological polar surface area (TPSA) is 127 Å². The van der Waals surface area contributed by atoms with E-state index in [-0.39, 0.29) is 35.0 Å². The van der Waals surface area contributed by atoms with Gasteiger partial charge in [0.1, 0.15) is 11.9 Å². The summed E-state index contributed by atoms with van der Waals surface area (Å²) in [5.41, 5.74) is 6.99. The number of hydrogen-bond acceptors (Lipinski definition) is 6. The number of nitrogens with two attached hydrogens (primary N) is 1. The van der Waals surface area contributed by atoms with E-state index in [1.165, 1.54) is 41.3 Å². The van der Waals surface area contributed by atoms with Gasteiger partial charge in [-0.05, 0) is 47.9 Å². The van der Waals surface area contributed by atoms with Crippen LogP contribution in [-0.2, 0) is 31.2 Å². The minimum atomic E-state index is -3.97. The van der Waals surface area contributed by atoms with Gasteiger partial charge in [-0.15, -0.1) is 0 Å². The Morgan fingerprint density at radius 1 is 1.03 bits per heavy atom. The van der Waals surface area contributed by atoms with Gasteiger partial charge in [-0.1, -0.05) is 36.4 Å². The SMILES string of the molecule is CS(=O)(=O)c1ccccc1-c1ccc(N2CC[C@H](NS(=O)(=O)c3ccc(CN)cc3)C2=O)c(F)c1. The van der Waals surface area contributed by atoms with E-state index >= 15 is 4.39 Å². The molecule has 4 rings (SSSR count). The van der Waals surface area contributed by atoms with Crippen LogP contribution in [0.3, 0.4) is 0 Å². The molecular weight excluding hydrogens is 493 g/mol. The Balaban J connectivity index is 1.56. The summed E-state index contributed by atoms with van der Waals surface area (Å²) in [5.74, 6) is -1.30. The maximum absolute atomic E-state index is 15.1. The molecule has 3 aromatic carbocycles. The molecule has 0 bridgehead atoms. The van der Waals surface area contributed by atoms with Crippen molar-refractivity contribution in [2.45, 2.75) is 28.8 Å². The Bertz CT molecular complexity index is 1490. The third-order valence-electron chi connectivity index (χ3n) is 5.81. The first-order chi connectivity index (χ1) is 16.5. The van der Waals surface area contributed by atoms with Gasteiger partial charge in [0.15, 0.2) is 9.84 Å². The molecule has 1 fully saturated rings. The van der Waals surface area contributed by atoms with Crippen LogP contribution in [0.4, 0.5) is 10.1 Å². The summed E-state index contributed by atoms with van der Waals surface area (Å²) in [7, 11) is -7.51. The largest absolute Gasteiger partial charge is 0.326 e. The van der Waals surface area contributed by atoms with E-state index < -0.39 is 37.6 Å². The van der Waals surface area contributed by atoms with E-state index in [1.807, 2.05) is 0 Å². The molecule has 0 saturated carbocycles. The number of nitrogens with zero attached hydrogens (tertiary/aromatic N) is 1. The number of sulfone groups is 1. The summed E-state index contributed by atoms with van der Waals surface area (Å²) < 4.78 is 67.2. The first kappa shape index (κ1) is 25.0. The maximum Gasteiger partial charge on any atom is 0.245 e. The first-order valence-corrected chi connectivity index (χ1v) is 14.1. The van der Waals surface area contributed by atoms with Gasteiger partial charge in [0, 0.05) is 24.9 Å². The average Bonchev–Trinajstić information content (AvgIpc) is 3.17. The van der Waals surface area contributed by atoms with Crippen molar-refractivity contribution in [3.05, 3.63) is 78.1 Å². The minimum absolute atomic E-state index is 0.000949. The van der Waals surface area contributed by atoms with Crippen LogP contribution in [0, 0.1) is 5.82 Å². The zero-order valence-corrected chi connectivity index (χ0v) is 20.4. The van der Waals surface area contributed by atoms with Crippen molar-refractivity contribution in [3.63, 3.8) is 0 Å². The van der Waals surface area contributed by atoms with E-state index in [9.17, 15) is 21.6 Å². The molecule has 1 atom stereocenters. The second-order valence-electron chi connectivity index (χ2n) is 8.24. The van der Waals surface area contributed by atoms with E-state index in [0.717, 1.165) is 11.8 Å². The number of nitrogens with one attached hydrogen (secondary N) is 1. The van der Waals surface area contributed by atoms with Crippen molar-refractivity contribution < 1.29 is 26.0 Å². The number of anilines is 1. The summed E-state index contributed by atoms with van der Waals surface area (Å²) in [5, 5.41) is 0. The second-order valence-corrected chi connectivity index (χ2v) is 11.9. The Hall–Kier alpha value is -3.12. The molecule has 1 heterocycles. The molecule has 3 aromatic rings. The molecule has 0 spiro atoms. The highest BCUT2D eigenvalue weighted by atomic mass is 32.2. The fraction of sp³-hybridized carbons (Fsp3) is 0.208. The van der Waals surface area contributed by atoms with Crippen molar-refractivity contribution in [2.75, 3.05) is 17.7 Å².